The molecule has 0 aromatic heterocycles. The van der Waals surface area contributed by atoms with Crippen molar-refractivity contribution in [1.82, 2.24) is 4.90 Å². The minimum absolute atomic E-state index is 0.109. The lowest BCUT2D eigenvalue weighted by Gasteiger charge is -2.10. The quantitative estimate of drug-likeness (QED) is 0.433. The summed E-state index contributed by atoms with van der Waals surface area (Å²) in [5.74, 6) is -0.307. The fraction of sp³-hybridized carbons (Fsp3) is 0.500. The van der Waals surface area contributed by atoms with Gasteiger partial charge in [-0.1, -0.05) is 13.5 Å². The highest BCUT2D eigenvalue weighted by Gasteiger charge is 2.31. The van der Waals surface area contributed by atoms with Crippen LogP contribution in [0.2, 0.25) is 0 Å². The van der Waals surface area contributed by atoms with Crippen LogP contribution in [0.5, 0.6) is 0 Å². The molecule has 3 nitrogen and oxygen atoms in total. The molecule has 0 aromatic rings. The molecule has 0 N–H and O–H groups in total. The lowest BCUT2D eigenvalue weighted by atomic mass is 10.3. The number of imide groups is 1. The first-order chi connectivity index (χ1) is 5.16. The van der Waals surface area contributed by atoms with Crippen LogP contribution in [0.15, 0.2) is 12.2 Å². The lowest BCUT2D eigenvalue weighted by molar-refractivity contribution is -0.137. The maximum absolute atomic E-state index is 11.1. The summed E-state index contributed by atoms with van der Waals surface area (Å²) in [6.07, 6.45) is 1.02. The van der Waals surface area contributed by atoms with E-state index >= 15 is 0 Å². The largest absolute Gasteiger partial charge is 0.279 e. The van der Waals surface area contributed by atoms with Crippen molar-refractivity contribution in [1.29, 1.82) is 0 Å². The Labute approximate surface area is 65.7 Å². The van der Waals surface area contributed by atoms with Gasteiger partial charge in [-0.25, -0.2) is 0 Å². The fourth-order valence-corrected chi connectivity index (χ4v) is 1.11. The van der Waals surface area contributed by atoms with E-state index in [0.717, 1.165) is 6.42 Å². The SMILES string of the molecule is C=C1CC(=O)N(CCC)C1=O. The number of likely N-dealkylation sites (tertiary alicyclic amines) is 1. The Balaban J connectivity index is 2.71. The van der Waals surface area contributed by atoms with Crippen molar-refractivity contribution < 1.29 is 9.59 Å². The van der Waals surface area contributed by atoms with Gasteiger partial charge >= 0.3 is 0 Å². The first kappa shape index (κ1) is 7.98. The molecule has 0 atom stereocenters. The number of hydrogen-bond acceptors (Lipinski definition) is 2. The van der Waals surface area contributed by atoms with Crippen LogP contribution in [0.3, 0.4) is 0 Å². The Bertz CT molecular complexity index is 220. The first-order valence-electron chi connectivity index (χ1n) is 3.69. The topological polar surface area (TPSA) is 37.4 Å². The van der Waals surface area contributed by atoms with Crippen molar-refractivity contribution in [3.63, 3.8) is 0 Å². The average Bonchev–Trinajstić information content (AvgIpc) is 2.17. The minimum atomic E-state index is -0.197. The number of amides is 2. The zero-order valence-corrected chi connectivity index (χ0v) is 6.59. The van der Waals surface area contributed by atoms with Crippen LogP contribution in [-0.4, -0.2) is 23.3 Å². The Morgan fingerprint density at radius 2 is 2.18 bits per heavy atom. The Morgan fingerprint density at radius 3 is 2.55 bits per heavy atom. The van der Waals surface area contributed by atoms with E-state index in [1.54, 1.807) is 0 Å². The van der Waals surface area contributed by atoms with Crippen LogP contribution < -0.4 is 0 Å². The zero-order chi connectivity index (χ0) is 8.43. The predicted molar refractivity (Wildman–Crippen MR) is 40.8 cm³/mol. The number of nitrogens with zero attached hydrogens (tertiary/aromatic N) is 1. The summed E-state index contributed by atoms with van der Waals surface area (Å²) < 4.78 is 0. The number of hydrogen-bond donors (Lipinski definition) is 0. The molecule has 0 bridgehead atoms. The number of carbonyl (C=O) groups excluding carboxylic acids is 2. The molecule has 1 heterocycles. The van der Waals surface area contributed by atoms with Gasteiger partial charge in [0.15, 0.2) is 0 Å². The summed E-state index contributed by atoms with van der Waals surface area (Å²) in [7, 11) is 0. The van der Waals surface area contributed by atoms with Crippen molar-refractivity contribution >= 4 is 11.8 Å². The third kappa shape index (κ3) is 1.31. The summed E-state index contributed by atoms with van der Waals surface area (Å²) in [5, 5.41) is 0. The summed E-state index contributed by atoms with van der Waals surface area (Å²) >= 11 is 0. The monoisotopic (exact) mass is 153 g/mol. The Kier molecular flexibility index (Phi) is 2.08. The van der Waals surface area contributed by atoms with E-state index in [4.69, 9.17) is 0 Å². The maximum Gasteiger partial charge on any atom is 0.256 e. The van der Waals surface area contributed by atoms with Crippen molar-refractivity contribution in [2.45, 2.75) is 19.8 Å². The van der Waals surface area contributed by atoms with Crippen LogP contribution in [0.4, 0.5) is 0 Å². The second kappa shape index (κ2) is 2.86. The summed E-state index contributed by atoms with van der Waals surface area (Å²) in [4.78, 5) is 23.4. The normalized spacial score (nSPS) is 18.3. The van der Waals surface area contributed by atoms with Gasteiger partial charge in [0.25, 0.3) is 5.91 Å². The maximum atomic E-state index is 11.1. The van der Waals surface area contributed by atoms with Crippen LogP contribution in [-0.2, 0) is 9.59 Å². The molecule has 11 heavy (non-hydrogen) atoms. The van der Waals surface area contributed by atoms with Gasteiger partial charge in [-0.05, 0) is 6.42 Å². The molecule has 1 aliphatic heterocycles. The van der Waals surface area contributed by atoms with E-state index in [1.807, 2.05) is 6.92 Å². The molecule has 0 radical (unpaired) electrons. The second-order valence-corrected chi connectivity index (χ2v) is 2.63. The van der Waals surface area contributed by atoms with Gasteiger partial charge in [0.1, 0.15) is 0 Å². The molecular weight excluding hydrogens is 142 g/mol. The van der Waals surface area contributed by atoms with Gasteiger partial charge in [-0.2, -0.15) is 0 Å². The molecule has 2 amide bonds. The van der Waals surface area contributed by atoms with Crippen LogP contribution in [0, 0.1) is 0 Å². The highest BCUT2D eigenvalue weighted by atomic mass is 16.2. The smallest absolute Gasteiger partial charge is 0.256 e. The van der Waals surface area contributed by atoms with Gasteiger partial charge < -0.3 is 0 Å². The van der Waals surface area contributed by atoms with Crippen LogP contribution >= 0.6 is 0 Å². The standard InChI is InChI=1S/C8H11NO2/c1-3-4-9-7(10)5-6(2)8(9)11/h2-5H2,1H3. The third-order valence-electron chi connectivity index (χ3n) is 1.66. The van der Waals surface area contributed by atoms with E-state index in [0.29, 0.717) is 12.1 Å². The zero-order valence-electron chi connectivity index (χ0n) is 6.59. The summed E-state index contributed by atoms with van der Waals surface area (Å²) in [6.45, 7) is 5.96. The van der Waals surface area contributed by atoms with Crippen molar-refractivity contribution in [2.24, 2.45) is 0 Å². The molecule has 1 fully saturated rings. The molecule has 0 unspecified atom stereocenters. The van der Waals surface area contributed by atoms with Crippen molar-refractivity contribution in [3.8, 4) is 0 Å². The van der Waals surface area contributed by atoms with E-state index in [1.165, 1.54) is 4.90 Å². The molecule has 1 aliphatic rings. The minimum Gasteiger partial charge on any atom is -0.279 e. The average molecular weight is 153 g/mol. The molecule has 0 aliphatic carbocycles. The van der Waals surface area contributed by atoms with E-state index in [-0.39, 0.29) is 18.2 Å². The Morgan fingerprint density at radius 1 is 1.55 bits per heavy atom. The third-order valence-corrected chi connectivity index (χ3v) is 1.66. The first-order valence-corrected chi connectivity index (χ1v) is 3.69. The highest BCUT2D eigenvalue weighted by Crippen LogP contribution is 2.16. The van der Waals surface area contributed by atoms with Crippen LogP contribution in [0.25, 0.3) is 0 Å². The van der Waals surface area contributed by atoms with E-state index < -0.39 is 0 Å². The second-order valence-electron chi connectivity index (χ2n) is 2.63. The predicted octanol–water partition coefficient (Wildman–Crippen LogP) is 0.712. The Hall–Kier alpha value is -1.12. The molecule has 0 spiro atoms. The number of carbonyl (C=O) groups is 2. The summed E-state index contributed by atoms with van der Waals surface area (Å²) in [6, 6.07) is 0. The highest BCUT2D eigenvalue weighted by molar-refractivity contribution is 6.12. The van der Waals surface area contributed by atoms with Gasteiger partial charge in [0.05, 0.1) is 6.42 Å². The fourth-order valence-electron chi connectivity index (χ4n) is 1.11. The molecule has 0 saturated carbocycles. The van der Waals surface area contributed by atoms with Gasteiger partial charge in [0.2, 0.25) is 5.91 Å². The molecule has 60 valence electrons. The number of rotatable bonds is 2. The van der Waals surface area contributed by atoms with Crippen molar-refractivity contribution in [2.75, 3.05) is 6.54 Å². The molecular formula is C8H11NO2. The van der Waals surface area contributed by atoms with E-state index in [9.17, 15) is 9.59 Å². The van der Waals surface area contributed by atoms with Gasteiger partial charge in [0, 0.05) is 12.1 Å². The van der Waals surface area contributed by atoms with Gasteiger partial charge in [-0.15, -0.1) is 0 Å². The molecule has 0 aromatic carbocycles. The van der Waals surface area contributed by atoms with Crippen LogP contribution in [0.1, 0.15) is 19.8 Å². The lowest BCUT2D eigenvalue weighted by Crippen LogP contribution is -2.29. The summed E-state index contributed by atoms with van der Waals surface area (Å²) in [5.41, 5.74) is 0.420. The van der Waals surface area contributed by atoms with Crippen molar-refractivity contribution in [3.05, 3.63) is 12.2 Å². The van der Waals surface area contributed by atoms with Gasteiger partial charge in [-0.3, -0.25) is 14.5 Å². The molecule has 1 rings (SSSR count). The van der Waals surface area contributed by atoms with E-state index in [2.05, 4.69) is 6.58 Å². The molecule has 3 heteroatoms. The molecule has 1 saturated heterocycles.